The van der Waals surface area contributed by atoms with Gasteiger partial charge in [0.05, 0.1) is 0 Å². The molecule has 2 nitrogen and oxygen atoms in total. The van der Waals surface area contributed by atoms with Crippen molar-refractivity contribution in [2.45, 2.75) is 0 Å². The molecular weight excluding hydrogens is 232 g/mol. The van der Waals surface area contributed by atoms with Crippen molar-refractivity contribution in [1.29, 1.82) is 0 Å². The van der Waals surface area contributed by atoms with E-state index in [1.54, 1.807) is 0 Å². The van der Waals surface area contributed by atoms with Crippen LogP contribution in [-0.2, 0) is 0 Å². The van der Waals surface area contributed by atoms with Crippen LogP contribution in [0.15, 0.2) is 48.5 Å². The van der Waals surface area contributed by atoms with Crippen molar-refractivity contribution in [3.63, 3.8) is 0 Å². The summed E-state index contributed by atoms with van der Waals surface area (Å²) < 4.78 is 0. The second-order valence-corrected chi connectivity index (χ2v) is 4.19. The first-order valence-corrected chi connectivity index (χ1v) is 5.61. The molecule has 0 spiro atoms. The predicted molar refractivity (Wildman–Crippen MR) is 75.4 cm³/mol. The molecule has 17 heavy (non-hydrogen) atoms. The first-order chi connectivity index (χ1) is 8.15. The number of benzene rings is 2. The molecule has 0 aliphatic carbocycles. The van der Waals surface area contributed by atoms with Crippen LogP contribution in [0.3, 0.4) is 0 Å². The van der Waals surface area contributed by atoms with E-state index in [1.165, 1.54) is 0 Å². The van der Waals surface area contributed by atoms with E-state index in [1.807, 2.05) is 54.6 Å². The Morgan fingerprint density at radius 2 is 1.29 bits per heavy atom. The van der Waals surface area contributed by atoms with Gasteiger partial charge in [0.15, 0.2) is 0 Å². The largest absolute Gasteiger partial charge is 0.399 e. The molecule has 0 aliphatic heterocycles. The Morgan fingerprint density at radius 3 is 1.82 bits per heavy atom. The molecule has 0 atom stereocenters. The monoisotopic (exact) mass is 244 g/mol. The van der Waals surface area contributed by atoms with Crippen molar-refractivity contribution in [2.24, 2.45) is 0 Å². The van der Waals surface area contributed by atoms with Gasteiger partial charge >= 0.3 is 0 Å². The van der Waals surface area contributed by atoms with E-state index in [0.717, 1.165) is 22.5 Å². The number of rotatable bonds is 2. The van der Waals surface area contributed by atoms with Crippen molar-refractivity contribution in [3.8, 4) is 0 Å². The normalized spacial score (nSPS) is 11.5. The van der Waals surface area contributed by atoms with Crippen LogP contribution >= 0.6 is 11.6 Å². The first-order valence-electron chi connectivity index (χ1n) is 5.24. The lowest BCUT2D eigenvalue weighted by atomic mass is 10.1. The average Bonchev–Trinajstić information content (AvgIpc) is 2.33. The minimum atomic E-state index is 0.676. The van der Waals surface area contributed by atoms with Gasteiger partial charge in [-0.2, -0.15) is 0 Å². The summed E-state index contributed by atoms with van der Waals surface area (Å²) in [7, 11) is 0. The van der Waals surface area contributed by atoms with Crippen molar-refractivity contribution in [3.05, 3.63) is 59.7 Å². The number of hydrogen-bond acceptors (Lipinski definition) is 2. The van der Waals surface area contributed by atoms with Gasteiger partial charge < -0.3 is 11.5 Å². The van der Waals surface area contributed by atoms with Crippen molar-refractivity contribution in [2.75, 3.05) is 11.5 Å². The molecule has 86 valence electrons. The van der Waals surface area contributed by atoms with E-state index in [-0.39, 0.29) is 0 Å². The van der Waals surface area contributed by atoms with E-state index in [0.29, 0.717) is 5.03 Å². The third-order valence-corrected chi connectivity index (χ3v) is 2.74. The van der Waals surface area contributed by atoms with Crippen molar-refractivity contribution in [1.82, 2.24) is 0 Å². The summed E-state index contributed by atoms with van der Waals surface area (Å²) in [6.45, 7) is 0. The molecule has 4 N–H and O–H groups in total. The molecular formula is C14H13ClN2. The Balaban J connectivity index is 2.27. The molecule has 0 radical (unpaired) electrons. The summed E-state index contributed by atoms with van der Waals surface area (Å²) in [6.07, 6.45) is 1.90. The summed E-state index contributed by atoms with van der Waals surface area (Å²) >= 11 is 6.22. The summed E-state index contributed by atoms with van der Waals surface area (Å²) in [5.74, 6) is 0. The highest BCUT2D eigenvalue weighted by Crippen LogP contribution is 2.23. The molecule has 2 aromatic carbocycles. The first kappa shape index (κ1) is 11.6. The number of nitrogen functional groups attached to an aromatic ring is 2. The summed E-state index contributed by atoms with van der Waals surface area (Å²) in [4.78, 5) is 0. The maximum absolute atomic E-state index is 6.22. The summed E-state index contributed by atoms with van der Waals surface area (Å²) in [5, 5.41) is 0.676. The number of anilines is 2. The maximum Gasteiger partial charge on any atom is 0.0484 e. The average molecular weight is 245 g/mol. The number of halogens is 1. The molecule has 0 unspecified atom stereocenters. The Hall–Kier alpha value is -1.93. The van der Waals surface area contributed by atoms with Crippen LogP contribution < -0.4 is 11.5 Å². The quantitative estimate of drug-likeness (QED) is 0.627. The van der Waals surface area contributed by atoms with Gasteiger partial charge in [-0.25, -0.2) is 0 Å². The fourth-order valence-corrected chi connectivity index (χ4v) is 1.72. The SMILES string of the molecule is Nc1ccc(C=C(Cl)c2ccc(N)cc2)cc1. The number of hydrogen-bond donors (Lipinski definition) is 2. The van der Waals surface area contributed by atoms with Crippen molar-refractivity contribution < 1.29 is 0 Å². The predicted octanol–water partition coefficient (Wildman–Crippen LogP) is 3.59. The second-order valence-electron chi connectivity index (χ2n) is 3.78. The van der Waals surface area contributed by atoms with Crippen LogP contribution in [0.2, 0.25) is 0 Å². The van der Waals surface area contributed by atoms with Gasteiger partial charge in [0.25, 0.3) is 0 Å². The summed E-state index contributed by atoms with van der Waals surface area (Å²) in [5.41, 5.74) is 14.7. The zero-order valence-corrected chi connectivity index (χ0v) is 9.98. The van der Waals surface area contributed by atoms with Crippen molar-refractivity contribution >= 4 is 34.1 Å². The molecule has 0 heterocycles. The highest BCUT2D eigenvalue weighted by Gasteiger charge is 1.98. The van der Waals surface area contributed by atoms with Gasteiger partial charge in [-0.3, -0.25) is 0 Å². The Bertz CT molecular complexity index is 527. The van der Waals surface area contributed by atoms with Gasteiger partial charge in [-0.05, 0) is 41.5 Å². The lowest BCUT2D eigenvalue weighted by Gasteiger charge is -2.01. The fourth-order valence-electron chi connectivity index (χ4n) is 1.46. The van der Waals surface area contributed by atoms with Gasteiger partial charge in [0.2, 0.25) is 0 Å². The number of nitrogens with two attached hydrogens (primary N) is 2. The molecule has 0 aliphatic rings. The maximum atomic E-state index is 6.22. The molecule has 0 saturated heterocycles. The Kier molecular flexibility index (Phi) is 3.35. The highest BCUT2D eigenvalue weighted by molar-refractivity contribution is 6.51. The second kappa shape index (κ2) is 4.93. The Morgan fingerprint density at radius 1 is 0.824 bits per heavy atom. The van der Waals surface area contributed by atoms with E-state index < -0.39 is 0 Å². The van der Waals surface area contributed by atoms with E-state index >= 15 is 0 Å². The standard InChI is InChI=1S/C14H13ClN2/c15-14(11-3-7-13(17)8-4-11)9-10-1-5-12(16)6-2-10/h1-9H,16-17H2. The van der Waals surface area contributed by atoms with E-state index in [4.69, 9.17) is 23.1 Å². The highest BCUT2D eigenvalue weighted by atomic mass is 35.5. The third kappa shape index (κ3) is 3.02. The van der Waals surface area contributed by atoms with E-state index in [2.05, 4.69) is 0 Å². The van der Waals surface area contributed by atoms with Crippen LogP contribution in [-0.4, -0.2) is 0 Å². The molecule has 0 amide bonds. The summed E-state index contributed by atoms with van der Waals surface area (Å²) in [6, 6.07) is 15.0. The topological polar surface area (TPSA) is 52.0 Å². The fraction of sp³-hybridized carbons (Fsp3) is 0. The zero-order chi connectivity index (χ0) is 12.3. The lowest BCUT2D eigenvalue weighted by Crippen LogP contribution is -1.85. The van der Waals surface area contributed by atoms with Gasteiger partial charge in [-0.15, -0.1) is 0 Å². The van der Waals surface area contributed by atoms with Crippen LogP contribution in [0.4, 0.5) is 11.4 Å². The molecule has 3 heteroatoms. The zero-order valence-electron chi connectivity index (χ0n) is 9.23. The molecule has 0 aromatic heterocycles. The molecule has 2 aromatic rings. The Labute approximate surface area is 106 Å². The van der Waals surface area contributed by atoms with Crippen LogP contribution in [0.25, 0.3) is 11.1 Å². The van der Waals surface area contributed by atoms with Gasteiger partial charge in [0.1, 0.15) is 0 Å². The molecule has 0 fully saturated rings. The lowest BCUT2D eigenvalue weighted by molar-refractivity contribution is 1.62. The third-order valence-electron chi connectivity index (χ3n) is 2.42. The molecule has 0 saturated carbocycles. The van der Waals surface area contributed by atoms with Crippen LogP contribution in [0.5, 0.6) is 0 Å². The van der Waals surface area contributed by atoms with E-state index in [9.17, 15) is 0 Å². The minimum absolute atomic E-state index is 0.676. The molecule has 0 bridgehead atoms. The molecule has 2 rings (SSSR count). The van der Waals surface area contributed by atoms with Crippen LogP contribution in [0.1, 0.15) is 11.1 Å². The minimum Gasteiger partial charge on any atom is -0.399 e. The van der Waals surface area contributed by atoms with Gasteiger partial charge in [0, 0.05) is 16.4 Å². The van der Waals surface area contributed by atoms with Crippen LogP contribution in [0, 0.1) is 0 Å². The van der Waals surface area contributed by atoms with Gasteiger partial charge in [-0.1, -0.05) is 35.9 Å². The smallest absolute Gasteiger partial charge is 0.0484 e.